The summed E-state index contributed by atoms with van der Waals surface area (Å²) in [5.41, 5.74) is 1.02. The molecule has 3 rings (SSSR count). The average molecular weight is 263 g/mol. The second kappa shape index (κ2) is 4.96. The van der Waals surface area contributed by atoms with E-state index in [1.807, 2.05) is 18.2 Å². The third kappa shape index (κ3) is 2.41. The first kappa shape index (κ1) is 12.1. The number of benzene rings is 1. The molecule has 1 fully saturated rings. The number of aromatic nitrogens is 1. The van der Waals surface area contributed by atoms with Crippen LogP contribution in [-0.4, -0.2) is 29.4 Å². The van der Waals surface area contributed by atoms with Gasteiger partial charge in [-0.15, -0.1) is 11.3 Å². The Morgan fingerprint density at radius 1 is 1.44 bits per heavy atom. The zero-order chi connectivity index (χ0) is 12.5. The molecule has 2 unspecified atom stereocenters. The molecule has 2 atom stereocenters. The Kier molecular flexibility index (Phi) is 3.33. The monoisotopic (exact) mass is 263 g/mol. The molecule has 0 spiro atoms. The SMILES string of the molecule is COC(C(O)Cc1nc2ccccc2s1)C1CC1. The Bertz CT molecular complexity index is 502. The predicted molar refractivity (Wildman–Crippen MR) is 72.9 cm³/mol. The first-order chi connectivity index (χ1) is 8.78. The van der Waals surface area contributed by atoms with Gasteiger partial charge >= 0.3 is 0 Å². The van der Waals surface area contributed by atoms with Gasteiger partial charge in [0.2, 0.25) is 0 Å². The minimum Gasteiger partial charge on any atom is -0.390 e. The predicted octanol–water partition coefficient (Wildman–Crippen LogP) is 2.62. The van der Waals surface area contributed by atoms with Gasteiger partial charge in [-0.25, -0.2) is 4.98 Å². The topological polar surface area (TPSA) is 42.4 Å². The van der Waals surface area contributed by atoms with Crippen molar-refractivity contribution in [1.29, 1.82) is 0 Å². The van der Waals surface area contributed by atoms with Gasteiger partial charge in [-0.1, -0.05) is 12.1 Å². The number of fused-ring (bicyclic) bond motifs is 1. The van der Waals surface area contributed by atoms with Crippen molar-refractivity contribution in [1.82, 2.24) is 4.98 Å². The van der Waals surface area contributed by atoms with Crippen molar-refractivity contribution in [2.75, 3.05) is 7.11 Å². The summed E-state index contributed by atoms with van der Waals surface area (Å²) in [6.07, 6.45) is 2.47. The van der Waals surface area contributed by atoms with Crippen molar-refractivity contribution in [3.63, 3.8) is 0 Å². The lowest BCUT2D eigenvalue weighted by Gasteiger charge is -2.20. The van der Waals surface area contributed by atoms with Crippen LogP contribution in [0.3, 0.4) is 0 Å². The molecular formula is C14H17NO2S. The quantitative estimate of drug-likeness (QED) is 0.901. The van der Waals surface area contributed by atoms with E-state index in [0.29, 0.717) is 12.3 Å². The van der Waals surface area contributed by atoms with E-state index in [1.165, 1.54) is 17.5 Å². The van der Waals surface area contributed by atoms with Crippen molar-refractivity contribution in [2.24, 2.45) is 5.92 Å². The van der Waals surface area contributed by atoms with E-state index < -0.39 is 6.10 Å². The number of methoxy groups -OCH3 is 1. The van der Waals surface area contributed by atoms with Crippen LogP contribution in [0.5, 0.6) is 0 Å². The van der Waals surface area contributed by atoms with Gasteiger partial charge in [-0.3, -0.25) is 0 Å². The molecule has 4 heteroatoms. The summed E-state index contributed by atoms with van der Waals surface area (Å²) in [7, 11) is 1.69. The molecule has 1 aromatic heterocycles. The number of para-hydroxylation sites is 1. The number of ether oxygens (including phenoxy) is 1. The number of thiazole rings is 1. The van der Waals surface area contributed by atoms with Crippen LogP contribution in [0.4, 0.5) is 0 Å². The normalized spacial score (nSPS) is 19.0. The van der Waals surface area contributed by atoms with Gasteiger partial charge in [-0.2, -0.15) is 0 Å². The first-order valence-electron chi connectivity index (χ1n) is 6.33. The van der Waals surface area contributed by atoms with Crippen molar-refractivity contribution in [3.8, 4) is 0 Å². The van der Waals surface area contributed by atoms with Crippen molar-refractivity contribution >= 4 is 21.6 Å². The van der Waals surface area contributed by atoms with Crippen molar-refractivity contribution in [3.05, 3.63) is 29.3 Å². The highest BCUT2D eigenvalue weighted by molar-refractivity contribution is 7.18. The van der Waals surface area contributed by atoms with Gasteiger partial charge in [0.15, 0.2) is 0 Å². The lowest BCUT2D eigenvalue weighted by Crippen LogP contribution is -2.31. The van der Waals surface area contributed by atoms with Crippen LogP contribution in [0.15, 0.2) is 24.3 Å². The van der Waals surface area contributed by atoms with Crippen LogP contribution in [0.2, 0.25) is 0 Å². The van der Waals surface area contributed by atoms with Crippen molar-refractivity contribution < 1.29 is 9.84 Å². The summed E-state index contributed by atoms with van der Waals surface area (Å²) in [6.45, 7) is 0. The second-order valence-electron chi connectivity index (χ2n) is 4.88. The van der Waals surface area contributed by atoms with Gasteiger partial charge in [0.05, 0.1) is 27.4 Å². The van der Waals surface area contributed by atoms with E-state index in [-0.39, 0.29) is 6.10 Å². The third-order valence-corrected chi connectivity index (χ3v) is 4.52. The Labute approximate surface area is 110 Å². The fraction of sp³-hybridized carbons (Fsp3) is 0.500. The van der Waals surface area contributed by atoms with Gasteiger partial charge in [0, 0.05) is 13.5 Å². The maximum Gasteiger partial charge on any atom is 0.0965 e. The molecule has 96 valence electrons. The maximum atomic E-state index is 10.2. The van der Waals surface area contributed by atoms with E-state index in [4.69, 9.17) is 4.74 Å². The fourth-order valence-electron chi connectivity index (χ4n) is 2.39. The second-order valence-corrected chi connectivity index (χ2v) is 6.00. The Balaban J connectivity index is 1.74. The van der Waals surface area contributed by atoms with E-state index in [2.05, 4.69) is 11.1 Å². The summed E-state index contributed by atoms with van der Waals surface area (Å²) >= 11 is 1.66. The molecule has 0 radical (unpaired) electrons. The Hall–Kier alpha value is -0.970. The number of aliphatic hydroxyl groups excluding tert-OH is 1. The van der Waals surface area contributed by atoms with Crippen LogP contribution < -0.4 is 0 Å². The summed E-state index contributed by atoms with van der Waals surface area (Å²) < 4.78 is 6.59. The zero-order valence-electron chi connectivity index (χ0n) is 10.4. The van der Waals surface area contributed by atoms with Crippen LogP contribution in [0.25, 0.3) is 10.2 Å². The van der Waals surface area contributed by atoms with Gasteiger partial charge in [-0.05, 0) is 30.9 Å². The highest BCUT2D eigenvalue weighted by Crippen LogP contribution is 2.36. The minimum atomic E-state index is -0.442. The fourth-order valence-corrected chi connectivity index (χ4v) is 3.41. The molecule has 1 heterocycles. The number of nitrogens with zero attached hydrogens (tertiary/aromatic N) is 1. The molecule has 0 aliphatic heterocycles. The smallest absolute Gasteiger partial charge is 0.0965 e. The minimum absolute atomic E-state index is 0.0305. The molecule has 1 N–H and O–H groups in total. The molecule has 0 bridgehead atoms. The molecule has 3 nitrogen and oxygen atoms in total. The van der Waals surface area contributed by atoms with Crippen LogP contribution in [0, 0.1) is 5.92 Å². The molecule has 1 aliphatic carbocycles. The van der Waals surface area contributed by atoms with E-state index >= 15 is 0 Å². The van der Waals surface area contributed by atoms with Crippen LogP contribution >= 0.6 is 11.3 Å². The van der Waals surface area contributed by atoms with Crippen LogP contribution in [-0.2, 0) is 11.2 Å². The lowest BCUT2D eigenvalue weighted by molar-refractivity contribution is -0.0237. The molecule has 0 amide bonds. The molecule has 1 aromatic carbocycles. The molecule has 2 aromatic rings. The lowest BCUT2D eigenvalue weighted by atomic mass is 10.1. The first-order valence-corrected chi connectivity index (χ1v) is 7.15. The number of aliphatic hydroxyl groups is 1. The molecular weight excluding hydrogens is 246 g/mol. The molecule has 0 saturated heterocycles. The Morgan fingerprint density at radius 3 is 2.89 bits per heavy atom. The standard InChI is InChI=1S/C14H17NO2S/c1-17-14(9-6-7-9)11(16)8-13-15-10-4-2-3-5-12(10)18-13/h2-5,9,11,14,16H,6-8H2,1H3. The zero-order valence-corrected chi connectivity index (χ0v) is 11.2. The molecule has 18 heavy (non-hydrogen) atoms. The average Bonchev–Trinajstić information content (AvgIpc) is 3.09. The maximum absolute atomic E-state index is 10.2. The van der Waals surface area contributed by atoms with Crippen LogP contribution in [0.1, 0.15) is 17.8 Å². The highest BCUT2D eigenvalue weighted by Gasteiger charge is 2.36. The largest absolute Gasteiger partial charge is 0.390 e. The van der Waals surface area contributed by atoms with Gasteiger partial charge < -0.3 is 9.84 Å². The Morgan fingerprint density at radius 2 is 2.22 bits per heavy atom. The number of rotatable bonds is 5. The van der Waals surface area contributed by atoms with E-state index in [1.54, 1.807) is 18.4 Å². The summed E-state index contributed by atoms with van der Waals surface area (Å²) in [4.78, 5) is 4.55. The summed E-state index contributed by atoms with van der Waals surface area (Å²) in [6, 6.07) is 8.08. The van der Waals surface area contributed by atoms with Crippen molar-refractivity contribution in [2.45, 2.75) is 31.5 Å². The van der Waals surface area contributed by atoms with E-state index in [9.17, 15) is 5.11 Å². The third-order valence-electron chi connectivity index (χ3n) is 3.46. The van der Waals surface area contributed by atoms with E-state index in [0.717, 1.165) is 10.5 Å². The summed E-state index contributed by atoms with van der Waals surface area (Å²) in [5.74, 6) is 0.541. The van der Waals surface area contributed by atoms with Gasteiger partial charge in [0.1, 0.15) is 0 Å². The van der Waals surface area contributed by atoms with Gasteiger partial charge in [0.25, 0.3) is 0 Å². The number of hydrogen-bond donors (Lipinski definition) is 1. The number of hydrogen-bond acceptors (Lipinski definition) is 4. The summed E-state index contributed by atoms with van der Waals surface area (Å²) in [5, 5.41) is 11.2. The highest BCUT2D eigenvalue weighted by atomic mass is 32.1. The molecule has 1 saturated carbocycles. The molecule has 1 aliphatic rings.